The van der Waals surface area contributed by atoms with Crippen molar-refractivity contribution in [3.8, 4) is 0 Å². The topological polar surface area (TPSA) is 23.5 Å². The van der Waals surface area contributed by atoms with E-state index >= 15 is 0 Å². The molecule has 1 N–H and O–H groups in total. The highest BCUT2D eigenvalue weighted by Crippen LogP contribution is 2.40. The lowest BCUT2D eigenvalue weighted by molar-refractivity contribution is 0.0343. The average Bonchev–Trinajstić information content (AvgIpc) is 2.26. The van der Waals surface area contributed by atoms with Gasteiger partial charge < -0.3 is 5.11 Å². The summed E-state index contributed by atoms with van der Waals surface area (Å²) in [5.41, 5.74) is 2.43. The van der Waals surface area contributed by atoms with Gasteiger partial charge in [0.25, 0.3) is 0 Å². The molecule has 2 rings (SSSR count). The Kier molecular flexibility index (Phi) is 2.57. The van der Waals surface area contributed by atoms with Crippen LogP contribution >= 0.6 is 0 Å². The summed E-state index contributed by atoms with van der Waals surface area (Å²) >= 11 is 0. The van der Waals surface area contributed by atoms with Crippen LogP contribution in [0, 0.1) is 0 Å². The molecule has 1 heterocycles. The van der Waals surface area contributed by atoms with Crippen molar-refractivity contribution in [2.75, 3.05) is 13.6 Å². The van der Waals surface area contributed by atoms with Crippen LogP contribution in [0.2, 0.25) is 0 Å². The maximum Gasteiger partial charge on any atom is 0.0920 e. The second-order valence-corrected chi connectivity index (χ2v) is 4.61. The third-order valence-corrected chi connectivity index (χ3v) is 3.88. The Morgan fingerprint density at radius 2 is 2.13 bits per heavy atom. The standard InChI is InChI=1S/C13H19NO/c1-4-13(2)11-8-6-5-7-10(11)12(15)9-14(13)3/h5-8,12,15H,4,9H2,1-3H3. The van der Waals surface area contributed by atoms with E-state index in [-0.39, 0.29) is 11.6 Å². The van der Waals surface area contributed by atoms with Gasteiger partial charge in [0.05, 0.1) is 6.10 Å². The number of likely N-dealkylation sites (N-methyl/N-ethyl adjacent to an activating group) is 1. The molecule has 0 amide bonds. The molecule has 0 saturated carbocycles. The molecule has 0 aliphatic carbocycles. The van der Waals surface area contributed by atoms with E-state index in [0.29, 0.717) is 0 Å². The molecule has 2 atom stereocenters. The molecule has 15 heavy (non-hydrogen) atoms. The Hall–Kier alpha value is -0.860. The van der Waals surface area contributed by atoms with E-state index in [4.69, 9.17) is 0 Å². The Balaban J connectivity index is 2.57. The van der Waals surface area contributed by atoms with Crippen molar-refractivity contribution in [3.63, 3.8) is 0 Å². The van der Waals surface area contributed by atoms with Crippen LogP contribution < -0.4 is 0 Å². The second kappa shape index (κ2) is 3.62. The molecule has 1 aromatic carbocycles. The molecular weight excluding hydrogens is 186 g/mol. The summed E-state index contributed by atoms with van der Waals surface area (Å²) in [5.74, 6) is 0. The zero-order valence-corrected chi connectivity index (χ0v) is 9.70. The Bertz CT molecular complexity index is 363. The molecule has 0 radical (unpaired) electrons. The molecule has 0 aromatic heterocycles. The van der Waals surface area contributed by atoms with Crippen molar-refractivity contribution >= 4 is 0 Å². The minimum absolute atomic E-state index is 0.0653. The lowest BCUT2D eigenvalue weighted by Gasteiger charge is -2.45. The Morgan fingerprint density at radius 1 is 1.47 bits per heavy atom. The zero-order chi connectivity index (χ0) is 11.1. The summed E-state index contributed by atoms with van der Waals surface area (Å²) in [6, 6.07) is 8.24. The number of benzene rings is 1. The van der Waals surface area contributed by atoms with Gasteiger partial charge in [-0.2, -0.15) is 0 Å². The molecule has 2 unspecified atom stereocenters. The molecule has 1 aliphatic heterocycles. The zero-order valence-electron chi connectivity index (χ0n) is 9.70. The van der Waals surface area contributed by atoms with Crippen LogP contribution in [0.25, 0.3) is 0 Å². The predicted octanol–water partition coefficient (Wildman–Crippen LogP) is 2.29. The number of β-amino-alcohol motifs (C(OH)–C–C–N with tert-alkyl or cyclic N) is 1. The van der Waals surface area contributed by atoms with Gasteiger partial charge in [0, 0.05) is 12.1 Å². The molecular formula is C13H19NO. The van der Waals surface area contributed by atoms with Crippen LogP contribution in [0.15, 0.2) is 24.3 Å². The third kappa shape index (κ3) is 1.48. The molecule has 1 aromatic rings. The van der Waals surface area contributed by atoms with Gasteiger partial charge in [0.2, 0.25) is 0 Å². The first kappa shape index (κ1) is 10.7. The highest BCUT2D eigenvalue weighted by molar-refractivity contribution is 5.37. The first-order chi connectivity index (χ1) is 7.09. The number of nitrogens with zero attached hydrogens (tertiary/aromatic N) is 1. The van der Waals surface area contributed by atoms with Crippen LogP contribution in [0.5, 0.6) is 0 Å². The molecule has 2 heteroatoms. The van der Waals surface area contributed by atoms with E-state index in [1.807, 2.05) is 12.1 Å². The van der Waals surface area contributed by atoms with E-state index in [0.717, 1.165) is 18.5 Å². The minimum atomic E-state index is -0.342. The van der Waals surface area contributed by atoms with Gasteiger partial charge in [0.1, 0.15) is 0 Å². The second-order valence-electron chi connectivity index (χ2n) is 4.61. The maximum absolute atomic E-state index is 10.0. The van der Waals surface area contributed by atoms with Crippen molar-refractivity contribution in [2.24, 2.45) is 0 Å². The van der Waals surface area contributed by atoms with Gasteiger partial charge in [-0.05, 0) is 31.5 Å². The van der Waals surface area contributed by atoms with E-state index in [1.165, 1.54) is 5.56 Å². The molecule has 82 valence electrons. The number of hydrogen-bond donors (Lipinski definition) is 1. The molecule has 2 nitrogen and oxygen atoms in total. The van der Waals surface area contributed by atoms with Gasteiger partial charge in [-0.1, -0.05) is 31.2 Å². The summed E-state index contributed by atoms with van der Waals surface area (Å²) in [6.07, 6.45) is 0.721. The minimum Gasteiger partial charge on any atom is -0.387 e. The highest BCUT2D eigenvalue weighted by atomic mass is 16.3. The quantitative estimate of drug-likeness (QED) is 0.760. The average molecular weight is 205 g/mol. The van der Waals surface area contributed by atoms with E-state index < -0.39 is 0 Å². The lowest BCUT2D eigenvalue weighted by Crippen LogP contribution is -2.47. The van der Waals surface area contributed by atoms with Crippen molar-refractivity contribution in [1.29, 1.82) is 0 Å². The predicted molar refractivity (Wildman–Crippen MR) is 61.7 cm³/mol. The van der Waals surface area contributed by atoms with Crippen LogP contribution in [0.4, 0.5) is 0 Å². The van der Waals surface area contributed by atoms with Crippen molar-refractivity contribution in [1.82, 2.24) is 4.90 Å². The number of rotatable bonds is 1. The number of aliphatic hydroxyl groups is 1. The van der Waals surface area contributed by atoms with E-state index in [2.05, 4.69) is 37.9 Å². The van der Waals surface area contributed by atoms with Gasteiger partial charge in [0.15, 0.2) is 0 Å². The van der Waals surface area contributed by atoms with E-state index in [1.54, 1.807) is 0 Å². The first-order valence-corrected chi connectivity index (χ1v) is 5.58. The third-order valence-electron chi connectivity index (χ3n) is 3.88. The summed E-state index contributed by atoms with van der Waals surface area (Å²) in [4.78, 5) is 2.25. The lowest BCUT2D eigenvalue weighted by atomic mass is 9.79. The van der Waals surface area contributed by atoms with Crippen LogP contribution in [0.3, 0.4) is 0 Å². The Labute approximate surface area is 91.5 Å². The largest absolute Gasteiger partial charge is 0.387 e. The molecule has 1 aliphatic rings. The Morgan fingerprint density at radius 3 is 2.80 bits per heavy atom. The summed E-state index contributed by atoms with van der Waals surface area (Å²) in [7, 11) is 2.09. The van der Waals surface area contributed by atoms with Crippen LogP contribution in [-0.2, 0) is 5.54 Å². The maximum atomic E-state index is 10.0. The van der Waals surface area contributed by atoms with E-state index in [9.17, 15) is 5.11 Å². The highest BCUT2D eigenvalue weighted by Gasteiger charge is 2.37. The van der Waals surface area contributed by atoms with Crippen LogP contribution in [-0.4, -0.2) is 23.6 Å². The first-order valence-electron chi connectivity index (χ1n) is 5.58. The van der Waals surface area contributed by atoms with Gasteiger partial charge in [-0.15, -0.1) is 0 Å². The fourth-order valence-electron chi connectivity index (χ4n) is 2.50. The summed E-state index contributed by atoms with van der Waals surface area (Å²) in [6.45, 7) is 5.17. The van der Waals surface area contributed by atoms with Crippen molar-refractivity contribution in [3.05, 3.63) is 35.4 Å². The molecule has 0 saturated heterocycles. The SMILES string of the molecule is CCC1(C)c2ccccc2C(O)CN1C. The summed E-state index contributed by atoms with van der Waals surface area (Å²) in [5, 5.41) is 10.0. The van der Waals surface area contributed by atoms with Crippen LogP contribution in [0.1, 0.15) is 37.5 Å². The molecule has 0 fully saturated rings. The summed E-state index contributed by atoms with van der Waals surface area (Å²) < 4.78 is 0. The monoisotopic (exact) mass is 205 g/mol. The smallest absolute Gasteiger partial charge is 0.0920 e. The fourth-order valence-corrected chi connectivity index (χ4v) is 2.50. The number of aliphatic hydroxyl groups excluding tert-OH is 1. The number of fused-ring (bicyclic) bond motifs is 1. The van der Waals surface area contributed by atoms with Crippen molar-refractivity contribution in [2.45, 2.75) is 31.9 Å². The molecule has 0 spiro atoms. The number of hydrogen-bond acceptors (Lipinski definition) is 2. The van der Waals surface area contributed by atoms with Crippen molar-refractivity contribution < 1.29 is 5.11 Å². The normalized spacial score (nSPS) is 31.3. The fraction of sp³-hybridized carbons (Fsp3) is 0.538. The van der Waals surface area contributed by atoms with Gasteiger partial charge >= 0.3 is 0 Å². The van der Waals surface area contributed by atoms with Gasteiger partial charge in [-0.3, -0.25) is 4.90 Å². The molecule has 0 bridgehead atoms. The van der Waals surface area contributed by atoms with Gasteiger partial charge in [-0.25, -0.2) is 0 Å².